The van der Waals surface area contributed by atoms with E-state index in [0.717, 1.165) is 12.1 Å². The second kappa shape index (κ2) is 8.54. The van der Waals surface area contributed by atoms with E-state index < -0.39 is 22.4 Å². The summed E-state index contributed by atoms with van der Waals surface area (Å²) in [5.74, 6) is 0.00844. The molecule has 0 N–H and O–H groups in total. The molecular weight excluding hydrogens is 393 g/mol. The minimum atomic E-state index is -4.64. The third-order valence-corrected chi connectivity index (χ3v) is 5.17. The second-order valence-corrected chi connectivity index (χ2v) is 7.24. The third-order valence-electron chi connectivity index (χ3n) is 5.17. The number of carbonyl (C=O) groups is 1. The Bertz CT molecular complexity index is 766. The Kier molecular flexibility index (Phi) is 6.27. The van der Waals surface area contributed by atoms with Gasteiger partial charge in [-0.3, -0.25) is 19.8 Å². The van der Waals surface area contributed by atoms with Crippen LogP contribution in [0, 0.1) is 10.1 Å². The fourth-order valence-electron chi connectivity index (χ4n) is 3.60. The van der Waals surface area contributed by atoms with E-state index in [9.17, 15) is 28.1 Å². The highest BCUT2D eigenvalue weighted by Crippen LogP contribution is 2.36. The SMILES string of the molecule is CC1CN(C(=O)CN2CCN(c3ccc(C(F)(F)F)cc3[N+](=O)[O-])CC2)CCO1. The number of nitro groups is 1. The first-order chi connectivity index (χ1) is 13.6. The summed E-state index contributed by atoms with van der Waals surface area (Å²) in [5.41, 5.74) is -1.44. The molecule has 1 atom stereocenters. The summed E-state index contributed by atoms with van der Waals surface area (Å²) in [6.07, 6.45) is -4.64. The fraction of sp³-hybridized carbons (Fsp3) is 0.611. The zero-order valence-electron chi connectivity index (χ0n) is 16.0. The molecule has 2 aliphatic rings. The molecule has 8 nitrogen and oxygen atoms in total. The van der Waals surface area contributed by atoms with Gasteiger partial charge in [-0.1, -0.05) is 0 Å². The minimum absolute atomic E-state index is 0.00441. The van der Waals surface area contributed by atoms with Crippen LogP contribution in [0.3, 0.4) is 0 Å². The highest BCUT2D eigenvalue weighted by atomic mass is 19.4. The number of carbonyl (C=O) groups excluding carboxylic acids is 1. The van der Waals surface area contributed by atoms with Crippen molar-refractivity contribution in [2.45, 2.75) is 19.2 Å². The number of hydrogen-bond acceptors (Lipinski definition) is 6. The predicted molar refractivity (Wildman–Crippen MR) is 98.7 cm³/mol. The summed E-state index contributed by atoms with van der Waals surface area (Å²) in [6, 6.07) is 2.58. The Morgan fingerprint density at radius 1 is 1.24 bits per heavy atom. The molecule has 2 heterocycles. The van der Waals surface area contributed by atoms with E-state index in [2.05, 4.69) is 0 Å². The first-order valence-electron chi connectivity index (χ1n) is 9.37. The Morgan fingerprint density at radius 3 is 2.52 bits per heavy atom. The number of alkyl halides is 3. The predicted octanol–water partition coefficient (Wildman–Crippen LogP) is 1.98. The van der Waals surface area contributed by atoms with Gasteiger partial charge in [-0.2, -0.15) is 13.2 Å². The summed E-state index contributed by atoms with van der Waals surface area (Å²) < 4.78 is 44.0. The number of halogens is 3. The molecule has 3 rings (SSSR count). The van der Waals surface area contributed by atoms with Crippen LogP contribution >= 0.6 is 0 Å². The molecular formula is C18H23F3N4O4. The number of nitrogens with zero attached hydrogens (tertiary/aromatic N) is 4. The number of rotatable bonds is 4. The van der Waals surface area contributed by atoms with E-state index in [1.165, 1.54) is 0 Å². The molecule has 1 aromatic rings. The van der Waals surface area contributed by atoms with Crippen LogP contribution in [0.25, 0.3) is 0 Å². The summed E-state index contributed by atoms with van der Waals surface area (Å²) >= 11 is 0. The molecule has 11 heteroatoms. The molecule has 0 radical (unpaired) electrons. The van der Waals surface area contributed by atoms with Crippen LogP contribution in [0.15, 0.2) is 18.2 Å². The molecule has 1 unspecified atom stereocenters. The van der Waals surface area contributed by atoms with Crippen LogP contribution in [-0.2, 0) is 15.7 Å². The van der Waals surface area contributed by atoms with Gasteiger partial charge >= 0.3 is 6.18 Å². The fourth-order valence-corrected chi connectivity index (χ4v) is 3.60. The second-order valence-electron chi connectivity index (χ2n) is 7.24. The summed E-state index contributed by atoms with van der Waals surface area (Å²) in [6.45, 7) is 5.53. The molecule has 2 saturated heterocycles. The lowest BCUT2D eigenvalue weighted by Crippen LogP contribution is -2.52. The van der Waals surface area contributed by atoms with Crippen LogP contribution < -0.4 is 4.90 Å². The van der Waals surface area contributed by atoms with Crippen LogP contribution in [0.5, 0.6) is 0 Å². The van der Waals surface area contributed by atoms with Crippen molar-refractivity contribution in [3.05, 3.63) is 33.9 Å². The first-order valence-corrected chi connectivity index (χ1v) is 9.37. The number of amides is 1. The highest BCUT2D eigenvalue weighted by molar-refractivity contribution is 5.78. The van der Waals surface area contributed by atoms with Crippen molar-refractivity contribution in [2.24, 2.45) is 0 Å². The van der Waals surface area contributed by atoms with Gasteiger partial charge in [0.15, 0.2) is 0 Å². The van der Waals surface area contributed by atoms with E-state index in [1.807, 2.05) is 11.8 Å². The molecule has 0 spiro atoms. The largest absolute Gasteiger partial charge is 0.416 e. The van der Waals surface area contributed by atoms with Crippen LogP contribution in [0.1, 0.15) is 12.5 Å². The zero-order chi connectivity index (χ0) is 21.2. The molecule has 0 bridgehead atoms. The number of ether oxygens (including phenoxy) is 1. The molecule has 0 saturated carbocycles. The van der Waals surface area contributed by atoms with Crippen molar-refractivity contribution < 1.29 is 27.6 Å². The Morgan fingerprint density at radius 2 is 1.93 bits per heavy atom. The highest BCUT2D eigenvalue weighted by Gasteiger charge is 2.34. The Labute approximate surface area is 166 Å². The molecule has 1 amide bonds. The average molecular weight is 416 g/mol. The number of anilines is 1. The van der Waals surface area contributed by atoms with Crippen molar-refractivity contribution in [1.29, 1.82) is 0 Å². The van der Waals surface area contributed by atoms with E-state index >= 15 is 0 Å². The molecule has 160 valence electrons. The van der Waals surface area contributed by atoms with Crippen molar-refractivity contribution in [3.63, 3.8) is 0 Å². The standard InChI is InChI=1S/C18H23F3N4O4/c1-13-11-24(8-9-29-13)17(26)12-22-4-6-23(7-5-22)15-3-2-14(18(19,20)21)10-16(15)25(27)28/h2-3,10,13H,4-9,11-12H2,1H3. The summed E-state index contributed by atoms with van der Waals surface area (Å²) in [4.78, 5) is 28.4. The van der Waals surface area contributed by atoms with Crippen molar-refractivity contribution >= 4 is 17.3 Å². The van der Waals surface area contributed by atoms with Gasteiger partial charge in [0.1, 0.15) is 5.69 Å². The lowest BCUT2D eigenvalue weighted by Gasteiger charge is -2.37. The van der Waals surface area contributed by atoms with Crippen molar-refractivity contribution in [1.82, 2.24) is 9.80 Å². The Balaban J connectivity index is 1.62. The maximum Gasteiger partial charge on any atom is 0.416 e. The number of piperazine rings is 1. The van der Waals surface area contributed by atoms with Gasteiger partial charge in [0.25, 0.3) is 5.69 Å². The minimum Gasteiger partial charge on any atom is -0.375 e. The molecule has 2 fully saturated rings. The van der Waals surface area contributed by atoms with Crippen molar-refractivity contribution in [3.8, 4) is 0 Å². The zero-order valence-corrected chi connectivity index (χ0v) is 16.0. The molecule has 0 aliphatic carbocycles. The summed E-state index contributed by atoms with van der Waals surface area (Å²) in [5, 5.41) is 11.3. The van der Waals surface area contributed by atoms with Gasteiger partial charge in [0.2, 0.25) is 5.91 Å². The number of benzene rings is 1. The lowest BCUT2D eigenvalue weighted by molar-refractivity contribution is -0.384. The first kappa shape index (κ1) is 21.3. The normalized spacial score (nSPS) is 21.3. The molecule has 29 heavy (non-hydrogen) atoms. The van der Waals surface area contributed by atoms with E-state index in [0.29, 0.717) is 51.9 Å². The van der Waals surface area contributed by atoms with Gasteiger partial charge in [-0.15, -0.1) is 0 Å². The van der Waals surface area contributed by atoms with E-state index in [-0.39, 0.29) is 24.2 Å². The smallest absolute Gasteiger partial charge is 0.375 e. The van der Waals surface area contributed by atoms with Gasteiger partial charge in [0.05, 0.1) is 29.7 Å². The maximum atomic E-state index is 12.9. The van der Waals surface area contributed by atoms with Gasteiger partial charge in [-0.25, -0.2) is 0 Å². The average Bonchev–Trinajstić information content (AvgIpc) is 2.67. The lowest BCUT2D eigenvalue weighted by atomic mass is 10.1. The Hall–Kier alpha value is -2.40. The number of nitro benzene ring substituents is 1. The van der Waals surface area contributed by atoms with Crippen molar-refractivity contribution in [2.75, 3.05) is 57.3 Å². The molecule has 0 aromatic heterocycles. The van der Waals surface area contributed by atoms with E-state index in [4.69, 9.17) is 4.74 Å². The maximum absolute atomic E-state index is 12.9. The quantitative estimate of drug-likeness (QED) is 0.552. The summed E-state index contributed by atoms with van der Waals surface area (Å²) in [7, 11) is 0. The van der Waals surface area contributed by atoms with Gasteiger partial charge < -0.3 is 14.5 Å². The molecule has 1 aromatic carbocycles. The van der Waals surface area contributed by atoms with Crippen LogP contribution in [0.2, 0.25) is 0 Å². The monoisotopic (exact) mass is 416 g/mol. The van der Waals surface area contributed by atoms with Gasteiger partial charge in [-0.05, 0) is 19.1 Å². The number of morpholine rings is 1. The van der Waals surface area contributed by atoms with Crippen LogP contribution in [0.4, 0.5) is 24.5 Å². The number of hydrogen-bond donors (Lipinski definition) is 0. The van der Waals surface area contributed by atoms with Gasteiger partial charge in [0, 0.05) is 45.3 Å². The topological polar surface area (TPSA) is 79.2 Å². The molecule has 2 aliphatic heterocycles. The van der Waals surface area contributed by atoms with E-state index in [1.54, 1.807) is 9.80 Å². The van der Waals surface area contributed by atoms with Crippen LogP contribution in [-0.4, -0.2) is 79.2 Å². The third kappa shape index (κ3) is 5.15.